The van der Waals surface area contributed by atoms with Crippen molar-refractivity contribution in [1.82, 2.24) is 15.3 Å². The summed E-state index contributed by atoms with van der Waals surface area (Å²) in [6.45, 7) is 5.02. The van der Waals surface area contributed by atoms with E-state index < -0.39 is 11.9 Å². The van der Waals surface area contributed by atoms with Gasteiger partial charge in [-0.1, -0.05) is 13.8 Å². The average molecular weight is 271 g/mol. The smallest absolute Gasteiger partial charge is 0.311 e. The highest BCUT2D eigenvalue weighted by Gasteiger charge is 2.50. The standard InChI is InChI=1S/C13H16F3N3/c1-12(2)5-8(12)11-18-9-6-17-4-3-7(9)10(19-11)13(14,15)16/h8,17H,3-6H2,1-2H3. The van der Waals surface area contributed by atoms with Crippen molar-refractivity contribution in [3.05, 3.63) is 22.8 Å². The first-order valence-corrected chi connectivity index (χ1v) is 6.46. The van der Waals surface area contributed by atoms with Gasteiger partial charge >= 0.3 is 6.18 Å². The van der Waals surface area contributed by atoms with Gasteiger partial charge in [-0.2, -0.15) is 13.2 Å². The van der Waals surface area contributed by atoms with Gasteiger partial charge in [0.05, 0.1) is 5.69 Å². The van der Waals surface area contributed by atoms with E-state index in [-0.39, 0.29) is 16.9 Å². The van der Waals surface area contributed by atoms with Crippen LogP contribution in [0.2, 0.25) is 0 Å². The minimum atomic E-state index is -4.39. The number of nitrogens with one attached hydrogen (secondary N) is 1. The van der Waals surface area contributed by atoms with Crippen molar-refractivity contribution in [3.63, 3.8) is 0 Å². The van der Waals surface area contributed by atoms with Crippen LogP contribution in [0, 0.1) is 5.41 Å². The molecule has 1 aliphatic heterocycles. The Hall–Kier alpha value is -1.17. The summed E-state index contributed by atoms with van der Waals surface area (Å²) in [5.74, 6) is 0.417. The monoisotopic (exact) mass is 271 g/mol. The van der Waals surface area contributed by atoms with Crippen LogP contribution in [-0.4, -0.2) is 16.5 Å². The summed E-state index contributed by atoms with van der Waals surface area (Å²) in [5, 5.41) is 3.07. The van der Waals surface area contributed by atoms with E-state index in [4.69, 9.17) is 0 Å². The van der Waals surface area contributed by atoms with Crippen LogP contribution in [0.15, 0.2) is 0 Å². The van der Waals surface area contributed by atoms with Crippen LogP contribution in [0.25, 0.3) is 0 Å². The van der Waals surface area contributed by atoms with E-state index in [1.165, 1.54) is 0 Å². The van der Waals surface area contributed by atoms with Crippen molar-refractivity contribution in [2.24, 2.45) is 5.41 Å². The van der Waals surface area contributed by atoms with Crippen LogP contribution in [0.5, 0.6) is 0 Å². The molecule has 3 rings (SSSR count). The Labute approximate surface area is 109 Å². The molecule has 1 aromatic rings. The molecule has 2 aliphatic rings. The molecule has 0 amide bonds. The largest absolute Gasteiger partial charge is 0.433 e. The predicted molar refractivity (Wildman–Crippen MR) is 63.6 cm³/mol. The van der Waals surface area contributed by atoms with Gasteiger partial charge in [0.25, 0.3) is 0 Å². The van der Waals surface area contributed by atoms with Crippen LogP contribution >= 0.6 is 0 Å². The molecule has 19 heavy (non-hydrogen) atoms. The van der Waals surface area contributed by atoms with E-state index in [0.717, 1.165) is 6.42 Å². The molecule has 0 bridgehead atoms. The third kappa shape index (κ3) is 2.22. The van der Waals surface area contributed by atoms with Gasteiger partial charge in [0, 0.05) is 18.0 Å². The van der Waals surface area contributed by atoms with Crippen LogP contribution in [0.1, 0.15) is 49.0 Å². The molecule has 104 valence electrons. The SMILES string of the molecule is CC1(C)CC1c1nc2c(c(C(F)(F)F)n1)CCNC2. The van der Waals surface area contributed by atoms with Crippen LogP contribution in [0.3, 0.4) is 0 Å². The maximum Gasteiger partial charge on any atom is 0.433 e. The molecule has 2 heterocycles. The summed E-state index contributed by atoms with van der Waals surface area (Å²) in [5.41, 5.74) is 0.0931. The number of nitrogens with zero attached hydrogens (tertiary/aromatic N) is 2. The Balaban J connectivity index is 2.09. The summed E-state index contributed by atoms with van der Waals surface area (Å²) in [6, 6.07) is 0. The molecule has 0 radical (unpaired) electrons. The van der Waals surface area contributed by atoms with Gasteiger partial charge in [-0.05, 0) is 24.8 Å². The third-order valence-electron chi connectivity index (χ3n) is 4.05. The summed E-state index contributed by atoms with van der Waals surface area (Å²) >= 11 is 0. The first kappa shape index (κ1) is 12.8. The number of alkyl halides is 3. The second-order valence-electron chi connectivity index (χ2n) is 6.03. The molecular weight excluding hydrogens is 255 g/mol. The number of aromatic nitrogens is 2. The zero-order chi connectivity index (χ0) is 13.8. The Morgan fingerprint density at radius 3 is 2.53 bits per heavy atom. The summed E-state index contributed by atoms with van der Waals surface area (Å²) in [4.78, 5) is 8.22. The highest BCUT2D eigenvalue weighted by atomic mass is 19.4. The fraction of sp³-hybridized carbons (Fsp3) is 0.692. The van der Waals surface area contributed by atoms with Crippen molar-refractivity contribution < 1.29 is 13.2 Å². The number of hydrogen-bond acceptors (Lipinski definition) is 3. The molecule has 1 fully saturated rings. The van der Waals surface area contributed by atoms with Gasteiger partial charge in [-0.3, -0.25) is 0 Å². The van der Waals surface area contributed by atoms with Gasteiger partial charge < -0.3 is 5.32 Å². The molecule has 1 atom stereocenters. The third-order valence-corrected chi connectivity index (χ3v) is 4.05. The normalized spacial score (nSPS) is 25.0. The molecule has 0 saturated heterocycles. The maximum absolute atomic E-state index is 13.1. The van der Waals surface area contributed by atoms with Gasteiger partial charge in [0.2, 0.25) is 0 Å². The lowest BCUT2D eigenvalue weighted by Crippen LogP contribution is -2.29. The molecular formula is C13H16F3N3. The van der Waals surface area contributed by atoms with E-state index in [1.54, 1.807) is 0 Å². The highest BCUT2D eigenvalue weighted by Crippen LogP contribution is 2.57. The Bertz CT molecular complexity index is 523. The van der Waals surface area contributed by atoms with Gasteiger partial charge in [0.1, 0.15) is 5.82 Å². The predicted octanol–water partition coefficient (Wildman–Crippen LogP) is 2.65. The van der Waals surface area contributed by atoms with Crippen LogP contribution < -0.4 is 5.32 Å². The van der Waals surface area contributed by atoms with E-state index >= 15 is 0 Å². The lowest BCUT2D eigenvalue weighted by atomic mass is 10.0. The lowest BCUT2D eigenvalue weighted by Gasteiger charge is -2.21. The molecule has 1 unspecified atom stereocenters. The quantitative estimate of drug-likeness (QED) is 0.853. The minimum absolute atomic E-state index is 0.0270. The van der Waals surface area contributed by atoms with E-state index in [9.17, 15) is 13.2 Å². The number of halogens is 3. The Morgan fingerprint density at radius 2 is 1.95 bits per heavy atom. The Kier molecular flexibility index (Phi) is 2.64. The van der Waals surface area contributed by atoms with E-state index in [0.29, 0.717) is 31.0 Å². The van der Waals surface area contributed by atoms with Crippen molar-refractivity contribution in [2.75, 3.05) is 6.54 Å². The van der Waals surface area contributed by atoms with Crippen molar-refractivity contribution in [3.8, 4) is 0 Å². The fourth-order valence-corrected chi connectivity index (χ4v) is 2.68. The molecule has 3 nitrogen and oxygen atoms in total. The molecule has 1 aromatic heterocycles. The first-order chi connectivity index (χ1) is 8.79. The molecule has 1 N–H and O–H groups in total. The van der Waals surface area contributed by atoms with Gasteiger partial charge in [-0.25, -0.2) is 9.97 Å². The number of hydrogen-bond donors (Lipinski definition) is 1. The first-order valence-electron chi connectivity index (χ1n) is 6.46. The molecule has 6 heteroatoms. The maximum atomic E-state index is 13.1. The molecule has 1 saturated carbocycles. The minimum Gasteiger partial charge on any atom is -0.311 e. The van der Waals surface area contributed by atoms with Crippen molar-refractivity contribution >= 4 is 0 Å². The molecule has 0 spiro atoms. The Morgan fingerprint density at radius 1 is 1.26 bits per heavy atom. The second-order valence-corrected chi connectivity index (χ2v) is 6.03. The number of rotatable bonds is 1. The van der Waals surface area contributed by atoms with Crippen LogP contribution in [-0.2, 0) is 19.1 Å². The zero-order valence-electron chi connectivity index (χ0n) is 10.9. The number of fused-ring (bicyclic) bond motifs is 1. The van der Waals surface area contributed by atoms with Crippen molar-refractivity contribution in [1.29, 1.82) is 0 Å². The van der Waals surface area contributed by atoms with Gasteiger partial charge in [0.15, 0.2) is 5.69 Å². The molecule has 0 aromatic carbocycles. The zero-order valence-corrected chi connectivity index (χ0v) is 10.9. The topological polar surface area (TPSA) is 37.8 Å². The van der Waals surface area contributed by atoms with Crippen LogP contribution in [0.4, 0.5) is 13.2 Å². The summed E-state index contributed by atoms with van der Waals surface area (Å²) in [7, 11) is 0. The summed E-state index contributed by atoms with van der Waals surface area (Å²) in [6.07, 6.45) is -3.19. The van der Waals surface area contributed by atoms with E-state index in [1.807, 2.05) is 13.8 Å². The van der Waals surface area contributed by atoms with E-state index in [2.05, 4.69) is 15.3 Å². The van der Waals surface area contributed by atoms with Gasteiger partial charge in [-0.15, -0.1) is 0 Å². The summed E-state index contributed by atoms with van der Waals surface area (Å²) < 4.78 is 39.4. The van der Waals surface area contributed by atoms with Crippen molar-refractivity contribution in [2.45, 2.75) is 45.3 Å². The molecule has 1 aliphatic carbocycles. The average Bonchev–Trinajstić information content (AvgIpc) is 2.96. The highest BCUT2D eigenvalue weighted by molar-refractivity contribution is 5.32. The second kappa shape index (κ2) is 3.91. The lowest BCUT2D eigenvalue weighted by molar-refractivity contribution is -0.142. The fourth-order valence-electron chi connectivity index (χ4n) is 2.68.